The molecule has 0 atom stereocenters. The highest BCUT2D eigenvalue weighted by Gasteiger charge is 2.37. The van der Waals surface area contributed by atoms with Gasteiger partial charge in [-0.15, -0.1) is 0 Å². The molecule has 40 heavy (non-hydrogen) atoms. The van der Waals surface area contributed by atoms with E-state index < -0.39 is 5.97 Å². The number of hydrogen-bond donors (Lipinski definition) is 1. The van der Waals surface area contributed by atoms with Crippen molar-refractivity contribution in [2.75, 3.05) is 26.2 Å². The molecule has 2 aliphatic rings. The fourth-order valence-electron chi connectivity index (χ4n) is 6.43. The van der Waals surface area contributed by atoms with Crippen molar-refractivity contribution in [1.82, 2.24) is 4.90 Å². The normalized spacial score (nSPS) is 18.2. The first-order valence-electron chi connectivity index (χ1n) is 15.1. The summed E-state index contributed by atoms with van der Waals surface area (Å²) in [6.07, 6.45) is 8.61. The SMILES string of the molecule is CC1(C)CCC(C)(C)c2cc(-c3cc(-c4ccc(C(=O)O)cc4)ccc3OCCCCN3CCCCC3)ccc21. The van der Waals surface area contributed by atoms with E-state index in [2.05, 4.69) is 69.0 Å². The van der Waals surface area contributed by atoms with Crippen LogP contribution in [0, 0.1) is 0 Å². The number of likely N-dealkylation sites (tertiary alicyclic amines) is 1. The highest BCUT2D eigenvalue weighted by Crippen LogP contribution is 2.47. The van der Waals surface area contributed by atoms with Crippen LogP contribution in [0.4, 0.5) is 0 Å². The van der Waals surface area contributed by atoms with Gasteiger partial charge in [-0.25, -0.2) is 4.79 Å². The summed E-state index contributed by atoms with van der Waals surface area (Å²) in [5.41, 5.74) is 7.81. The van der Waals surface area contributed by atoms with Crippen molar-refractivity contribution < 1.29 is 14.6 Å². The van der Waals surface area contributed by atoms with Crippen LogP contribution < -0.4 is 4.74 Å². The highest BCUT2D eigenvalue weighted by atomic mass is 16.5. The van der Waals surface area contributed by atoms with Gasteiger partial charge in [0.25, 0.3) is 0 Å². The van der Waals surface area contributed by atoms with Crippen LogP contribution in [0.1, 0.15) is 94.1 Å². The molecule has 0 amide bonds. The van der Waals surface area contributed by atoms with Gasteiger partial charge in [-0.05, 0) is 121 Å². The summed E-state index contributed by atoms with van der Waals surface area (Å²) in [5.74, 6) is 0.00702. The first kappa shape index (κ1) is 28.4. The Morgan fingerprint density at radius 3 is 2.12 bits per heavy atom. The Bertz CT molecular complexity index is 1330. The maximum atomic E-state index is 11.4. The fourth-order valence-corrected chi connectivity index (χ4v) is 6.43. The van der Waals surface area contributed by atoms with Crippen LogP contribution in [0.25, 0.3) is 22.3 Å². The molecular formula is C36H45NO3. The lowest BCUT2D eigenvalue weighted by Gasteiger charge is -2.42. The number of aromatic carboxylic acids is 1. The van der Waals surface area contributed by atoms with Gasteiger partial charge in [-0.2, -0.15) is 0 Å². The van der Waals surface area contributed by atoms with Crippen LogP contribution in [-0.4, -0.2) is 42.2 Å². The number of hydrogen-bond acceptors (Lipinski definition) is 3. The maximum Gasteiger partial charge on any atom is 0.335 e. The van der Waals surface area contributed by atoms with Gasteiger partial charge in [-0.1, -0.05) is 70.5 Å². The van der Waals surface area contributed by atoms with E-state index in [-0.39, 0.29) is 10.8 Å². The molecule has 1 heterocycles. The lowest BCUT2D eigenvalue weighted by atomic mass is 9.63. The third-order valence-corrected chi connectivity index (χ3v) is 9.18. The van der Waals surface area contributed by atoms with Crippen molar-refractivity contribution in [3.05, 3.63) is 77.4 Å². The van der Waals surface area contributed by atoms with Gasteiger partial charge in [0.2, 0.25) is 0 Å². The Labute approximate surface area is 240 Å². The topological polar surface area (TPSA) is 49.8 Å². The zero-order valence-electron chi connectivity index (χ0n) is 24.8. The van der Waals surface area contributed by atoms with Crippen LogP contribution >= 0.6 is 0 Å². The molecule has 1 fully saturated rings. The zero-order chi connectivity index (χ0) is 28.3. The smallest absolute Gasteiger partial charge is 0.335 e. The minimum absolute atomic E-state index is 0.126. The van der Waals surface area contributed by atoms with Gasteiger partial charge >= 0.3 is 5.97 Å². The van der Waals surface area contributed by atoms with Crippen molar-refractivity contribution in [1.29, 1.82) is 0 Å². The van der Waals surface area contributed by atoms with E-state index in [1.165, 1.54) is 61.9 Å². The number of benzene rings is 3. The Morgan fingerprint density at radius 2 is 1.43 bits per heavy atom. The number of piperidine rings is 1. The van der Waals surface area contributed by atoms with Gasteiger partial charge in [0.1, 0.15) is 5.75 Å². The summed E-state index contributed by atoms with van der Waals surface area (Å²) in [7, 11) is 0. The molecule has 0 radical (unpaired) electrons. The van der Waals surface area contributed by atoms with Gasteiger partial charge in [-0.3, -0.25) is 0 Å². The van der Waals surface area contributed by atoms with Crippen molar-refractivity contribution in [2.24, 2.45) is 0 Å². The van der Waals surface area contributed by atoms with Crippen LogP contribution in [0.3, 0.4) is 0 Å². The summed E-state index contributed by atoms with van der Waals surface area (Å²) < 4.78 is 6.46. The van der Waals surface area contributed by atoms with Crippen LogP contribution in [0.5, 0.6) is 5.75 Å². The molecule has 0 saturated carbocycles. The number of carbonyl (C=O) groups is 1. The largest absolute Gasteiger partial charge is 0.493 e. The van der Waals surface area contributed by atoms with E-state index in [4.69, 9.17) is 4.74 Å². The molecule has 1 aliphatic carbocycles. The lowest BCUT2D eigenvalue weighted by molar-refractivity contribution is 0.0697. The van der Waals surface area contributed by atoms with Crippen molar-refractivity contribution in [2.45, 2.75) is 83.5 Å². The third kappa shape index (κ3) is 6.28. The third-order valence-electron chi connectivity index (χ3n) is 9.18. The average Bonchev–Trinajstić information content (AvgIpc) is 2.96. The van der Waals surface area contributed by atoms with Crippen LogP contribution in [-0.2, 0) is 10.8 Å². The fraction of sp³-hybridized carbons (Fsp3) is 0.472. The molecule has 1 aliphatic heterocycles. The molecule has 0 aromatic heterocycles. The van der Waals surface area contributed by atoms with E-state index in [9.17, 15) is 9.90 Å². The molecule has 5 rings (SSSR count). The molecule has 0 spiro atoms. The molecule has 3 aromatic carbocycles. The molecule has 4 heteroatoms. The summed E-state index contributed by atoms with van der Waals surface area (Å²) in [5, 5.41) is 9.33. The Kier molecular flexibility index (Phi) is 8.37. The second-order valence-electron chi connectivity index (χ2n) is 13.1. The van der Waals surface area contributed by atoms with Crippen molar-refractivity contribution >= 4 is 5.97 Å². The number of ether oxygens (including phenoxy) is 1. The molecule has 0 unspecified atom stereocenters. The molecule has 0 bridgehead atoms. The molecular weight excluding hydrogens is 494 g/mol. The first-order chi connectivity index (χ1) is 19.1. The molecule has 1 saturated heterocycles. The van der Waals surface area contributed by atoms with Crippen molar-refractivity contribution in [3.8, 4) is 28.0 Å². The van der Waals surface area contributed by atoms with Gasteiger partial charge < -0.3 is 14.7 Å². The molecule has 3 aromatic rings. The van der Waals surface area contributed by atoms with Crippen LogP contribution in [0.15, 0.2) is 60.7 Å². The average molecular weight is 540 g/mol. The summed E-state index contributed by atoms with van der Waals surface area (Å²) in [4.78, 5) is 14.0. The summed E-state index contributed by atoms with van der Waals surface area (Å²) >= 11 is 0. The summed E-state index contributed by atoms with van der Waals surface area (Å²) in [6.45, 7) is 13.8. The number of fused-ring (bicyclic) bond motifs is 1. The number of nitrogens with zero attached hydrogens (tertiary/aromatic N) is 1. The Balaban J connectivity index is 1.43. The second kappa shape index (κ2) is 11.8. The number of carboxylic acid groups (broad SMARTS) is 1. The van der Waals surface area contributed by atoms with E-state index in [1.807, 2.05) is 12.1 Å². The monoisotopic (exact) mass is 539 g/mol. The quantitative estimate of drug-likeness (QED) is 0.276. The Hall–Kier alpha value is -3.11. The number of rotatable bonds is 9. The predicted molar refractivity (Wildman–Crippen MR) is 165 cm³/mol. The van der Waals surface area contributed by atoms with Crippen LogP contribution in [0.2, 0.25) is 0 Å². The zero-order valence-corrected chi connectivity index (χ0v) is 24.8. The van der Waals surface area contributed by atoms with E-state index in [0.717, 1.165) is 41.8 Å². The van der Waals surface area contributed by atoms with E-state index >= 15 is 0 Å². The molecule has 4 nitrogen and oxygen atoms in total. The summed E-state index contributed by atoms with van der Waals surface area (Å²) in [6, 6.07) is 20.5. The molecule has 1 N–H and O–H groups in total. The number of unbranched alkanes of at least 4 members (excludes halogenated alkanes) is 1. The van der Waals surface area contributed by atoms with Gasteiger partial charge in [0.15, 0.2) is 0 Å². The highest BCUT2D eigenvalue weighted by molar-refractivity contribution is 5.88. The number of carboxylic acids is 1. The van der Waals surface area contributed by atoms with E-state index in [1.54, 1.807) is 12.1 Å². The second-order valence-corrected chi connectivity index (χ2v) is 13.1. The first-order valence-corrected chi connectivity index (χ1v) is 15.1. The van der Waals surface area contributed by atoms with E-state index in [0.29, 0.717) is 12.2 Å². The van der Waals surface area contributed by atoms with Gasteiger partial charge in [0.05, 0.1) is 12.2 Å². The minimum atomic E-state index is -0.907. The van der Waals surface area contributed by atoms with Crippen molar-refractivity contribution in [3.63, 3.8) is 0 Å². The standard InChI is InChI=1S/C36H45NO3/c1-35(2)18-19-36(3,4)32-25-29(14-16-31(32)35)30-24-28(26-10-12-27(13-11-26)34(38)39)15-17-33(30)40-23-9-8-22-37-20-6-5-7-21-37/h10-17,24-25H,5-9,18-23H2,1-4H3,(H,38,39). The lowest BCUT2D eigenvalue weighted by Crippen LogP contribution is -2.33. The van der Waals surface area contributed by atoms with Gasteiger partial charge in [0, 0.05) is 5.56 Å². The predicted octanol–water partition coefficient (Wildman–Crippen LogP) is 8.71. The Morgan fingerprint density at radius 1 is 0.775 bits per heavy atom. The molecule has 212 valence electrons. The minimum Gasteiger partial charge on any atom is -0.493 e. The maximum absolute atomic E-state index is 11.4.